The number of unbranched alkanes of at least 4 members (excludes halogenated alkanes) is 1. The van der Waals surface area contributed by atoms with E-state index in [2.05, 4.69) is 388 Å². The fraction of sp³-hybridized carbons (Fsp3) is 0.771. The van der Waals surface area contributed by atoms with Crippen molar-refractivity contribution in [1.29, 1.82) is 0 Å². The van der Waals surface area contributed by atoms with E-state index >= 15 is 0 Å². The number of H-pyrrole nitrogens is 1. The molecule has 0 saturated carbocycles. The number of aromatic nitrogens is 5. The standard InChI is InChI=1S/C12H25N.C12H23N.C11H21N.C11H18S.C10H18N2.C10H17NO.2C10H17NS.C10H22.C9H16/c2*1-11(2)9-7-5-6-8-10-13-12(3)4;1-10(2)8-6-5-7-9-12-11(3)4;1-8(2)5-11-6-10(7-12-11)9(3)4;2*1-7(2)5-10-11-6-9(12-10)8(3)4;1-7(2)5-10-11-9(6-12-10)8(3)4;1-7(2)5-9-6-12-10(11-9)8(3)4;1-9(2)7-5-6-8-10(3)4;1-8(2)6-5-7-9(3)4/h5-6,11-13H,7-10H2,1-4H3;11-13H,7-10H2,1-4H3;10-12H,7-9H2,1-4H3;6-9H,5H2,1-4H3;6-8H,5H2,1-4H3,(H,11,12);3*6-8H,5H2,1-4H3;9-10H,5-8H2,1-4H3;8-9H,6H2,1-4H3. The lowest BCUT2D eigenvalue weighted by Gasteiger charge is -2.05. The van der Waals surface area contributed by atoms with E-state index in [0.717, 1.165) is 143 Å². The summed E-state index contributed by atoms with van der Waals surface area (Å²) in [6.07, 6.45) is 29.5. The van der Waals surface area contributed by atoms with Crippen molar-refractivity contribution in [3.63, 3.8) is 0 Å². The number of rotatable bonds is 37. The summed E-state index contributed by atoms with van der Waals surface area (Å²) in [4.78, 5) is 22.5. The molecule has 678 valence electrons. The van der Waals surface area contributed by atoms with Crippen molar-refractivity contribution in [2.75, 3.05) is 19.6 Å². The predicted octanol–water partition coefficient (Wildman–Crippen LogP) is 31.9. The Bertz CT molecular complexity index is 2870. The lowest BCUT2D eigenvalue weighted by atomic mass is 10.0. The Morgan fingerprint density at radius 3 is 1.28 bits per heavy atom. The van der Waals surface area contributed by atoms with Crippen LogP contribution in [0.5, 0.6) is 0 Å². The van der Waals surface area contributed by atoms with Crippen LogP contribution in [0.15, 0.2) is 51.2 Å². The smallest absolute Gasteiger partial charge is 0.194 e. The molecule has 0 aliphatic rings. The van der Waals surface area contributed by atoms with Crippen molar-refractivity contribution in [3.05, 3.63) is 102 Å². The van der Waals surface area contributed by atoms with Gasteiger partial charge in [-0.05, 0) is 145 Å². The van der Waals surface area contributed by atoms with Crippen LogP contribution in [-0.2, 0) is 32.1 Å². The Balaban J connectivity index is -0.000000398. The minimum absolute atomic E-state index is 0.443. The van der Waals surface area contributed by atoms with E-state index in [1.54, 1.807) is 22.7 Å². The van der Waals surface area contributed by atoms with Gasteiger partial charge in [0.05, 0.1) is 27.6 Å². The van der Waals surface area contributed by atoms with Gasteiger partial charge in [-0.15, -0.1) is 69.5 Å². The summed E-state index contributed by atoms with van der Waals surface area (Å²) < 4.78 is 5.54. The molecule has 5 aromatic rings. The molecule has 0 atom stereocenters. The zero-order valence-electron chi connectivity index (χ0n) is 84.4. The molecule has 0 bridgehead atoms. The third-order valence-corrected chi connectivity index (χ3v) is 19.9. The molecule has 0 aliphatic heterocycles. The Morgan fingerprint density at radius 1 is 0.393 bits per heavy atom. The highest BCUT2D eigenvalue weighted by Gasteiger charge is 2.12. The highest BCUT2D eigenvalue weighted by Crippen LogP contribution is 2.25. The molecule has 0 aromatic carbocycles. The van der Waals surface area contributed by atoms with Crippen LogP contribution < -0.4 is 16.0 Å². The van der Waals surface area contributed by atoms with Gasteiger partial charge in [-0.25, -0.2) is 19.9 Å². The summed E-state index contributed by atoms with van der Waals surface area (Å²) in [7, 11) is 0. The van der Waals surface area contributed by atoms with Gasteiger partial charge in [0.1, 0.15) is 11.6 Å². The molecule has 0 fully saturated rings. The fourth-order valence-corrected chi connectivity index (χ4v) is 13.3. The molecule has 0 aliphatic carbocycles. The van der Waals surface area contributed by atoms with E-state index in [4.69, 9.17) is 4.42 Å². The third-order valence-electron chi connectivity index (χ3n) is 16.8. The lowest BCUT2D eigenvalue weighted by molar-refractivity contribution is 0.416. The van der Waals surface area contributed by atoms with Crippen molar-refractivity contribution in [3.8, 4) is 35.5 Å². The molecule has 4 N–H and O–H groups in total. The van der Waals surface area contributed by atoms with Gasteiger partial charge in [-0.3, -0.25) is 0 Å². The number of nitrogens with one attached hydrogen (secondary N) is 4. The van der Waals surface area contributed by atoms with E-state index in [1.165, 1.54) is 88.9 Å². The third kappa shape index (κ3) is 89.3. The second kappa shape index (κ2) is 77.7. The molecule has 9 nitrogen and oxygen atoms in total. The van der Waals surface area contributed by atoms with Gasteiger partial charge in [0.15, 0.2) is 5.89 Å². The molecular formula is C105H194N8OS3. The highest BCUT2D eigenvalue weighted by molar-refractivity contribution is 7.10. The van der Waals surface area contributed by atoms with Crippen molar-refractivity contribution < 1.29 is 4.42 Å². The van der Waals surface area contributed by atoms with Gasteiger partial charge >= 0.3 is 0 Å². The summed E-state index contributed by atoms with van der Waals surface area (Å²) in [6, 6.07) is 4.13. The molecule has 117 heavy (non-hydrogen) atoms. The number of hydrogen-bond donors (Lipinski definition) is 4. The molecule has 0 saturated heterocycles. The molecule has 0 unspecified atom stereocenters. The lowest BCUT2D eigenvalue weighted by Crippen LogP contribution is -2.23. The van der Waals surface area contributed by atoms with Crippen LogP contribution in [0, 0.1) is 107 Å². The van der Waals surface area contributed by atoms with Crippen LogP contribution in [-0.4, -0.2) is 62.7 Å². The Hall–Kier alpha value is -4.32. The highest BCUT2D eigenvalue weighted by atomic mass is 32.1. The first-order chi connectivity index (χ1) is 54.6. The van der Waals surface area contributed by atoms with E-state index in [0.29, 0.717) is 77.3 Å². The molecule has 0 radical (unpaired) electrons. The zero-order chi connectivity index (χ0) is 90.6. The average Bonchev–Trinajstić information content (AvgIpc) is 1.79. The normalized spacial score (nSPS) is 11.1. The summed E-state index contributed by atoms with van der Waals surface area (Å²) in [6.45, 7) is 91.4. The fourth-order valence-electron chi connectivity index (χ4n) is 9.98. The second-order valence-corrected chi connectivity index (χ2v) is 42.2. The van der Waals surface area contributed by atoms with E-state index in [9.17, 15) is 0 Å². The number of nitrogens with zero attached hydrogens (tertiary/aromatic N) is 4. The SMILES string of the molecule is CC(C)C#CCC(C)C.CC(C)CC#CCCNC(C)C.CC(C)CCC#CCCNC(C)C.CC(C)CCC=CCCNC(C)C.CC(C)CCCCC(C)C.CC(C)Cc1cc(C(C)C)cs1.CC(C)Cc1csc(C(C)C)n1.CC(C)Cc1nc(C(C)C)cs1.CC(C)Cc1ncc(C(C)C)[nH]1.CC(C)Cc1ncc(C(C)C)o1. The van der Waals surface area contributed by atoms with Crippen molar-refractivity contribution in [2.45, 2.75) is 440 Å². The molecular weight excluding hydrogens is 1490 g/mol. The predicted molar refractivity (Wildman–Crippen MR) is 533 cm³/mol. The van der Waals surface area contributed by atoms with Gasteiger partial charge in [-0.2, -0.15) is 0 Å². The molecule has 0 amide bonds. The minimum atomic E-state index is 0.443. The van der Waals surface area contributed by atoms with Crippen LogP contribution >= 0.6 is 34.0 Å². The Labute approximate surface area is 742 Å². The first-order valence-corrected chi connectivity index (χ1v) is 49.4. The van der Waals surface area contributed by atoms with Crippen LogP contribution in [0.25, 0.3) is 0 Å². The van der Waals surface area contributed by atoms with Crippen molar-refractivity contribution >= 4 is 34.0 Å². The number of oxazole rings is 1. The maximum absolute atomic E-state index is 5.54. The monoisotopic (exact) mass is 1680 g/mol. The van der Waals surface area contributed by atoms with Crippen LogP contribution in [0.3, 0.4) is 0 Å². The number of aromatic amines is 1. The number of allylic oxidation sites excluding steroid dienone is 1. The average molecular weight is 1680 g/mol. The number of hydrogen-bond acceptors (Lipinski definition) is 11. The van der Waals surface area contributed by atoms with Gasteiger partial charge in [0, 0.05) is 128 Å². The van der Waals surface area contributed by atoms with Crippen molar-refractivity contribution in [1.82, 2.24) is 40.9 Å². The number of thiophene rings is 1. The van der Waals surface area contributed by atoms with Crippen molar-refractivity contribution in [2.24, 2.45) is 71.0 Å². The molecule has 5 aromatic heterocycles. The Kier molecular flexibility index (Phi) is 80.5. The zero-order valence-corrected chi connectivity index (χ0v) is 86.9. The molecule has 5 rings (SSSR count). The molecule has 12 heteroatoms. The van der Waals surface area contributed by atoms with Crippen LogP contribution in [0.1, 0.15) is 445 Å². The first-order valence-electron chi connectivity index (χ1n) is 46.8. The quantitative estimate of drug-likeness (QED) is 0.0177. The number of imidazole rings is 1. The van der Waals surface area contributed by atoms with Crippen LogP contribution in [0.2, 0.25) is 0 Å². The maximum Gasteiger partial charge on any atom is 0.194 e. The first kappa shape index (κ1) is 121. The largest absolute Gasteiger partial charge is 0.445 e. The van der Waals surface area contributed by atoms with E-state index < -0.39 is 0 Å². The summed E-state index contributed by atoms with van der Waals surface area (Å²) >= 11 is 5.49. The van der Waals surface area contributed by atoms with Gasteiger partial charge in [0.2, 0.25) is 0 Å². The minimum Gasteiger partial charge on any atom is -0.445 e. The van der Waals surface area contributed by atoms with Crippen LogP contribution in [0.4, 0.5) is 0 Å². The molecule has 0 spiro atoms. The van der Waals surface area contributed by atoms with E-state index in [-0.39, 0.29) is 0 Å². The van der Waals surface area contributed by atoms with Gasteiger partial charge in [0.25, 0.3) is 0 Å². The number of thiazole rings is 2. The maximum atomic E-state index is 5.54. The van der Waals surface area contributed by atoms with Gasteiger partial charge in [-0.1, -0.05) is 315 Å². The van der Waals surface area contributed by atoms with E-state index in [1.807, 2.05) is 23.7 Å². The van der Waals surface area contributed by atoms with Gasteiger partial charge < -0.3 is 25.4 Å². The molecule has 5 heterocycles. The summed E-state index contributed by atoms with van der Waals surface area (Å²) in [5.41, 5.74) is 5.25. The summed E-state index contributed by atoms with van der Waals surface area (Å²) in [5, 5.41) is 19.3. The Morgan fingerprint density at radius 2 is 0.880 bits per heavy atom. The second-order valence-electron chi connectivity index (χ2n) is 39.3. The topological polar surface area (TPSA) is 117 Å². The summed E-state index contributed by atoms with van der Waals surface area (Å²) in [5.74, 6) is 33.6.